The Morgan fingerprint density at radius 3 is 2.61 bits per heavy atom. The zero-order valence-corrected chi connectivity index (χ0v) is 22.6. The number of carbonyl (C=O) groups is 2. The number of hydrazone groups is 1. The van der Waals surface area contributed by atoms with Crippen LogP contribution in [0.3, 0.4) is 0 Å². The molecule has 0 unspecified atom stereocenters. The molecule has 194 valence electrons. The van der Waals surface area contributed by atoms with Crippen LogP contribution in [0.1, 0.15) is 21.3 Å². The van der Waals surface area contributed by atoms with Gasteiger partial charge in [0.15, 0.2) is 6.61 Å². The molecule has 7 nitrogen and oxygen atoms in total. The largest absolute Gasteiger partial charge is 0.484 e. The van der Waals surface area contributed by atoms with Crippen molar-refractivity contribution in [3.8, 4) is 5.75 Å². The number of amides is 2. The Balaban J connectivity index is 1.17. The van der Waals surface area contributed by atoms with Gasteiger partial charge in [-0.1, -0.05) is 42.5 Å². The average molecular weight is 545 g/mol. The van der Waals surface area contributed by atoms with Crippen LogP contribution >= 0.6 is 23.5 Å². The van der Waals surface area contributed by atoms with Crippen molar-refractivity contribution < 1.29 is 14.3 Å². The molecule has 1 aliphatic rings. The molecule has 1 aromatic heterocycles. The van der Waals surface area contributed by atoms with Crippen molar-refractivity contribution in [3.63, 3.8) is 0 Å². The number of thioether (sulfide) groups is 2. The fraction of sp³-hybridized carbons (Fsp3) is 0.207. The third-order valence-corrected chi connectivity index (χ3v) is 9.08. The lowest BCUT2D eigenvalue weighted by molar-refractivity contribution is -0.123. The maximum absolute atomic E-state index is 12.7. The molecular weight excluding hydrogens is 516 g/mol. The molecule has 2 heterocycles. The summed E-state index contributed by atoms with van der Waals surface area (Å²) in [6.07, 6.45) is 3.44. The molecule has 0 radical (unpaired) electrons. The van der Waals surface area contributed by atoms with E-state index in [1.54, 1.807) is 6.21 Å². The van der Waals surface area contributed by atoms with E-state index in [9.17, 15) is 9.59 Å². The number of carbonyl (C=O) groups excluding carboxylic acids is 2. The predicted octanol–water partition coefficient (Wildman–Crippen LogP) is 5.60. The zero-order valence-electron chi connectivity index (χ0n) is 20.9. The molecule has 0 spiro atoms. The normalized spacial score (nSPS) is 13.7. The van der Waals surface area contributed by atoms with E-state index < -0.39 is 0 Å². The predicted molar refractivity (Wildman–Crippen MR) is 157 cm³/mol. The van der Waals surface area contributed by atoms with E-state index in [1.807, 2.05) is 102 Å². The Kier molecular flexibility index (Phi) is 8.35. The molecule has 1 saturated heterocycles. The number of fused-ring (bicyclic) bond motifs is 1. The standard InChI is InChI=1S/C29H28N4O3S2/c1-20-5-4-6-23(15-20)31-27(34)18-33-17-22(25-7-2-3-8-26(25)33)16-30-32-28(35)19-36-24-11-9-21(10-12-24)29-37-13-14-38-29/h2-12,15-17,29H,13-14,18-19H2,1H3,(H,31,34)(H,32,35)/b30-16-. The van der Waals surface area contributed by atoms with Crippen LogP contribution in [0.15, 0.2) is 84.1 Å². The van der Waals surface area contributed by atoms with Gasteiger partial charge in [-0.2, -0.15) is 5.10 Å². The van der Waals surface area contributed by atoms with Gasteiger partial charge in [0.05, 0.1) is 10.8 Å². The van der Waals surface area contributed by atoms with E-state index in [1.165, 1.54) is 17.1 Å². The molecule has 5 rings (SSSR count). The topological polar surface area (TPSA) is 84.7 Å². The summed E-state index contributed by atoms with van der Waals surface area (Å²) >= 11 is 3.91. The summed E-state index contributed by atoms with van der Waals surface area (Å²) in [5.41, 5.74) is 7.33. The first kappa shape index (κ1) is 25.9. The van der Waals surface area contributed by atoms with E-state index >= 15 is 0 Å². The second-order valence-corrected chi connectivity index (χ2v) is 11.6. The van der Waals surface area contributed by atoms with Gasteiger partial charge in [-0.05, 0) is 48.4 Å². The molecule has 2 amide bonds. The Hall–Kier alpha value is -3.69. The Morgan fingerprint density at radius 1 is 1.03 bits per heavy atom. The van der Waals surface area contributed by atoms with Crippen LogP contribution in [0.25, 0.3) is 10.9 Å². The smallest absolute Gasteiger partial charge is 0.277 e. The number of aromatic nitrogens is 1. The highest BCUT2D eigenvalue weighted by molar-refractivity contribution is 8.19. The molecule has 2 N–H and O–H groups in total. The minimum atomic E-state index is -0.353. The summed E-state index contributed by atoms with van der Waals surface area (Å²) in [6.45, 7) is 2.00. The summed E-state index contributed by atoms with van der Waals surface area (Å²) in [6, 6.07) is 23.4. The lowest BCUT2D eigenvalue weighted by Gasteiger charge is -2.10. The highest BCUT2D eigenvalue weighted by atomic mass is 32.2. The third kappa shape index (κ3) is 6.59. The van der Waals surface area contributed by atoms with Gasteiger partial charge in [0, 0.05) is 39.9 Å². The minimum Gasteiger partial charge on any atom is -0.484 e. The number of rotatable bonds is 9. The molecule has 0 atom stereocenters. The summed E-state index contributed by atoms with van der Waals surface area (Å²) in [7, 11) is 0. The molecular formula is C29H28N4O3S2. The first-order chi connectivity index (χ1) is 18.5. The lowest BCUT2D eigenvalue weighted by atomic mass is 10.2. The van der Waals surface area contributed by atoms with Gasteiger partial charge in [-0.25, -0.2) is 5.43 Å². The van der Waals surface area contributed by atoms with Crippen LogP contribution in [0, 0.1) is 6.92 Å². The maximum atomic E-state index is 12.7. The highest BCUT2D eigenvalue weighted by Gasteiger charge is 2.18. The molecule has 0 aliphatic carbocycles. The molecule has 4 aromatic rings. The Bertz CT molecular complexity index is 1460. The molecule has 1 fully saturated rings. The van der Waals surface area contributed by atoms with Gasteiger partial charge in [0.2, 0.25) is 5.91 Å². The highest BCUT2D eigenvalue weighted by Crippen LogP contribution is 2.45. The lowest BCUT2D eigenvalue weighted by Crippen LogP contribution is -2.24. The molecule has 38 heavy (non-hydrogen) atoms. The number of nitrogens with one attached hydrogen (secondary N) is 2. The summed E-state index contributed by atoms with van der Waals surface area (Å²) in [5.74, 6) is 2.52. The van der Waals surface area contributed by atoms with Crippen LogP contribution in [0.4, 0.5) is 5.69 Å². The Morgan fingerprint density at radius 2 is 1.82 bits per heavy atom. The average Bonchev–Trinajstić information content (AvgIpc) is 3.57. The van der Waals surface area contributed by atoms with Gasteiger partial charge in [-0.15, -0.1) is 23.5 Å². The van der Waals surface area contributed by atoms with Crippen LogP contribution in [-0.2, 0) is 16.1 Å². The van der Waals surface area contributed by atoms with Crippen molar-refractivity contribution >= 4 is 58.1 Å². The first-order valence-corrected chi connectivity index (χ1v) is 14.4. The van der Waals surface area contributed by atoms with Crippen molar-refractivity contribution in [1.82, 2.24) is 9.99 Å². The monoisotopic (exact) mass is 544 g/mol. The van der Waals surface area contributed by atoms with Gasteiger partial charge in [0.25, 0.3) is 5.91 Å². The number of hydrogen-bond donors (Lipinski definition) is 2. The van der Waals surface area contributed by atoms with Crippen molar-refractivity contribution in [2.24, 2.45) is 5.10 Å². The van der Waals surface area contributed by atoms with Crippen molar-refractivity contribution in [2.45, 2.75) is 18.1 Å². The SMILES string of the molecule is Cc1cccc(NC(=O)Cn2cc(/C=N\NC(=O)COc3ccc(C4SCCS4)cc3)c3ccccc32)c1. The fourth-order valence-corrected chi connectivity index (χ4v) is 7.07. The molecule has 1 aliphatic heterocycles. The van der Waals surface area contributed by atoms with Crippen molar-refractivity contribution in [1.29, 1.82) is 0 Å². The number of benzene rings is 3. The van der Waals surface area contributed by atoms with Gasteiger partial charge in [-0.3, -0.25) is 9.59 Å². The van der Waals surface area contributed by atoms with E-state index in [0.717, 1.165) is 27.7 Å². The van der Waals surface area contributed by atoms with E-state index in [-0.39, 0.29) is 25.0 Å². The second-order valence-electron chi connectivity index (χ2n) is 8.87. The van der Waals surface area contributed by atoms with Crippen LogP contribution in [0.2, 0.25) is 0 Å². The quantitative estimate of drug-likeness (QED) is 0.212. The van der Waals surface area contributed by atoms with E-state index in [0.29, 0.717) is 10.3 Å². The number of hydrogen-bond acceptors (Lipinski definition) is 6. The number of ether oxygens (including phenoxy) is 1. The number of nitrogens with zero attached hydrogens (tertiary/aromatic N) is 2. The van der Waals surface area contributed by atoms with Crippen LogP contribution < -0.4 is 15.5 Å². The van der Waals surface area contributed by atoms with Gasteiger partial charge >= 0.3 is 0 Å². The first-order valence-electron chi connectivity index (χ1n) is 12.3. The maximum Gasteiger partial charge on any atom is 0.277 e. The second kappa shape index (κ2) is 12.2. The van der Waals surface area contributed by atoms with Gasteiger partial charge in [0.1, 0.15) is 12.3 Å². The van der Waals surface area contributed by atoms with Crippen molar-refractivity contribution in [2.75, 3.05) is 23.4 Å². The van der Waals surface area contributed by atoms with Crippen LogP contribution in [0.5, 0.6) is 5.75 Å². The summed E-state index contributed by atoms with van der Waals surface area (Å²) in [5, 5.41) is 7.99. The number of anilines is 1. The van der Waals surface area contributed by atoms with E-state index in [4.69, 9.17) is 4.74 Å². The number of para-hydroxylation sites is 1. The summed E-state index contributed by atoms with van der Waals surface area (Å²) < 4.78 is 7.97. The van der Waals surface area contributed by atoms with Crippen molar-refractivity contribution in [3.05, 3.63) is 95.7 Å². The Labute approximate surface area is 230 Å². The zero-order chi connectivity index (χ0) is 26.3. The molecule has 3 aromatic carbocycles. The summed E-state index contributed by atoms with van der Waals surface area (Å²) in [4.78, 5) is 25.0. The van der Waals surface area contributed by atoms with Crippen LogP contribution in [-0.4, -0.2) is 40.7 Å². The minimum absolute atomic E-state index is 0.126. The third-order valence-electron chi connectivity index (χ3n) is 5.97. The fourth-order valence-electron chi connectivity index (χ4n) is 4.21. The molecule has 0 saturated carbocycles. The molecule has 0 bridgehead atoms. The molecule has 9 heteroatoms. The van der Waals surface area contributed by atoms with E-state index in [2.05, 4.69) is 28.0 Å². The van der Waals surface area contributed by atoms with Gasteiger partial charge < -0.3 is 14.6 Å². The number of aryl methyl sites for hydroxylation is 1.